The largest absolute Gasteiger partial charge is 0.489 e. The van der Waals surface area contributed by atoms with Crippen LogP contribution in [0.15, 0.2) is 48.8 Å². The molecule has 2 aromatic heterocycles. The zero-order valence-corrected chi connectivity index (χ0v) is 14.9. The summed E-state index contributed by atoms with van der Waals surface area (Å²) in [7, 11) is 0. The van der Waals surface area contributed by atoms with Crippen molar-refractivity contribution in [2.75, 3.05) is 0 Å². The summed E-state index contributed by atoms with van der Waals surface area (Å²) in [6.45, 7) is 4.25. The Labute approximate surface area is 153 Å². The predicted molar refractivity (Wildman–Crippen MR) is 98.7 cm³/mol. The van der Waals surface area contributed by atoms with Crippen LogP contribution in [0, 0.1) is 6.92 Å². The average molecular weight is 349 g/mol. The van der Waals surface area contributed by atoms with Crippen LogP contribution in [-0.2, 0) is 26.1 Å². The molecule has 0 aliphatic carbocycles. The number of nitrogens with one attached hydrogen (secondary N) is 1. The molecule has 6 heteroatoms. The van der Waals surface area contributed by atoms with E-state index in [1.54, 1.807) is 12.4 Å². The summed E-state index contributed by atoms with van der Waals surface area (Å²) in [6.07, 6.45) is 5.65. The first-order chi connectivity index (χ1) is 12.8. The predicted octanol–water partition coefficient (Wildman–Crippen LogP) is 2.67. The van der Waals surface area contributed by atoms with Crippen LogP contribution in [0.4, 0.5) is 0 Å². The number of aromatic nitrogens is 4. The molecule has 0 bridgehead atoms. The molecular formula is C20H23N5O. The van der Waals surface area contributed by atoms with E-state index in [2.05, 4.69) is 32.5 Å². The van der Waals surface area contributed by atoms with Crippen LogP contribution < -0.4 is 10.1 Å². The van der Waals surface area contributed by atoms with Gasteiger partial charge in [-0.15, -0.1) is 0 Å². The molecule has 1 aliphatic heterocycles. The first-order valence-corrected chi connectivity index (χ1v) is 9.00. The first-order valence-electron chi connectivity index (χ1n) is 9.00. The second-order valence-electron chi connectivity index (χ2n) is 6.66. The number of hydrogen-bond donors (Lipinski definition) is 1. The van der Waals surface area contributed by atoms with Gasteiger partial charge >= 0.3 is 0 Å². The Kier molecular flexibility index (Phi) is 4.93. The lowest BCUT2D eigenvalue weighted by Gasteiger charge is -2.23. The van der Waals surface area contributed by atoms with Gasteiger partial charge < -0.3 is 10.1 Å². The summed E-state index contributed by atoms with van der Waals surface area (Å²) in [5.74, 6) is 2.85. The lowest BCUT2D eigenvalue weighted by atomic mass is 10.1. The number of pyridine rings is 1. The van der Waals surface area contributed by atoms with E-state index in [9.17, 15) is 0 Å². The van der Waals surface area contributed by atoms with Crippen molar-refractivity contribution >= 4 is 0 Å². The molecule has 3 heterocycles. The molecular weight excluding hydrogens is 326 g/mol. The SMILES string of the molecule is Cc1nc2n(n1)C[C@@H](NCc1ccc(OCc3ccncc3)cc1)CC2. The third kappa shape index (κ3) is 4.08. The summed E-state index contributed by atoms with van der Waals surface area (Å²) in [6, 6.07) is 12.6. The maximum atomic E-state index is 5.82. The van der Waals surface area contributed by atoms with Gasteiger partial charge in [0.2, 0.25) is 0 Å². The third-order valence-corrected chi connectivity index (χ3v) is 4.64. The Hall–Kier alpha value is -2.73. The van der Waals surface area contributed by atoms with Gasteiger partial charge in [-0.1, -0.05) is 12.1 Å². The minimum absolute atomic E-state index is 0.436. The van der Waals surface area contributed by atoms with Crippen LogP contribution >= 0.6 is 0 Å². The maximum Gasteiger partial charge on any atom is 0.147 e. The highest BCUT2D eigenvalue weighted by atomic mass is 16.5. The van der Waals surface area contributed by atoms with E-state index in [0.717, 1.165) is 48.9 Å². The number of aryl methyl sites for hydroxylation is 2. The number of rotatable bonds is 6. The van der Waals surface area contributed by atoms with Crippen molar-refractivity contribution in [3.05, 3.63) is 71.6 Å². The summed E-state index contributed by atoms with van der Waals surface area (Å²) < 4.78 is 7.85. The molecule has 1 aliphatic rings. The van der Waals surface area contributed by atoms with Crippen LogP contribution in [0.5, 0.6) is 5.75 Å². The van der Waals surface area contributed by atoms with Gasteiger partial charge in [-0.05, 0) is 48.7 Å². The van der Waals surface area contributed by atoms with Crippen molar-refractivity contribution in [1.82, 2.24) is 25.1 Å². The van der Waals surface area contributed by atoms with Crippen LogP contribution in [0.3, 0.4) is 0 Å². The van der Waals surface area contributed by atoms with E-state index in [1.165, 1.54) is 5.56 Å². The number of ether oxygens (including phenoxy) is 1. The topological polar surface area (TPSA) is 64.9 Å². The number of fused-ring (bicyclic) bond motifs is 1. The lowest BCUT2D eigenvalue weighted by Crippen LogP contribution is -2.37. The van der Waals surface area contributed by atoms with Gasteiger partial charge in [0.25, 0.3) is 0 Å². The Bertz CT molecular complexity index is 844. The number of nitrogens with zero attached hydrogens (tertiary/aromatic N) is 4. The first kappa shape index (κ1) is 16.7. The van der Waals surface area contributed by atoms with Crippen LogP contribution in [0.2, 0.25) is 0 Å². The van der Waals surface area contributed by atoms with Gasteiger partial charge in [-0.3, -0.25) is 4.98 Å². The second kappa shape index (κ2) is 7.66. The molecule has 1 aromatic carbocycles. The molecule has 0 spiro atoms. The Morgan fingerprint density at radius 1 is 1.12 bits per heavy atom. The fourth-order valence-electron chi connectivity index (χ4n) is 3.21. The summed E-state index contributed by atoms with van der Waals surface area (Å²) in [4.78, 5) is 8.47. The highest BCUT2D eigenvalue weighted by Crippen LogP contribution is 2.16. The molecule has 1 atom stereocenters. The zero-order chi connectivity index (χ0) is 17.8. The van der Waals surface area contributed by atoms with Crippen molar-refractivity contribution in [1.29, 1.82) is 0 Å². The molecule has 0 amide bonds. The molecule has 0 saturated heterocycles. The van der Waals surface area contributed by atoms with Gasteiger partial charge in [-0.25, -0.2) is 9.67 Å². The van der Waals surface area contributed by atoms with Crippen LogP contribution in [0.1, 0.15) is 29.2 Å². The van der Waals surface area contributed by atoms with E-state index in [-0.39, 0.29) is 0 Å². The van der Waals surface area contributed by atoms with Crippen molar-refractivity contribution in [3.8, 4) is 5.75 Å². The van der Waals surface area contributed by atoms with Crippen molar-refractivity contribution in [3.63, 3.8) is 0 Å². The normalized spacial score (nSPS) is 16.3. The molecule has 134 valence electrons. The fraction of sp³-hybridized carbons (Fsp3) is 0.350. The van der Waals surface area contributed by atoms with Crippen molar-refractivity contribution < 1.29 is 4.74 Å². The van der Waals surface area contributed by atoms with Crippen molar-refractivity contribution in [2.24, 2.45) is 0 Å². The molecule has 0 radical (unpaired) electrons. The molecule has 6 nitrogen and oxygen atoms in total. The maximum absolute atomic E-state index is 5.82. The highest BCUT2D eigenvalue weighted by molar-refractivity contribution is 5.27. The minimum atomic E-state index is 0.436. The molecule has 1 N–H and O–H groups in total. The van der Waals surface area contributed by atoms with Gasteiger partial charge in [0.05, 0.1) is 6.54 Å². The summed E-state index contributed by atoms with van der Waals surface area (Å²) in [5, 5.41) is 8.09. The van der Waals surface area contributed by atoms with Gasteiger partial charge in [0, 0.05) is 31.4 Å². The quantitative estimate of drug-likeness (QED) is 0.741. The number of hydrogen-bond acceptors (Lipinski definition) is 5. The second-order valence-corrected chi connectivity index (χ2v) is 6.66. The Morgan fingerprint density at radius 2 is 1.92 bits per heavy atom. The Balaban J connectivity index is 1.27. The standard InChI is InChI=1S/C20H23N5O/c1-15-23-20-7-4-18(13-25(20)24-15)22-12-16-2-5-19(6-3-16)26-14-17-8-10-21-11-9-17/h2-3,5-6,8-11,18,22H,4,7,12-14H2,1H3/t18-/m0/s1. The van der Waals surface area contributed by atoms with E-state index in [1.807, 2.05) is 35.9 Å². The van der Waals surface area contributed by atoms with Gasteiger partial charge in [-0.2, -0.15) is 5.10 Å². The lowest BCUT2D eigenvalue weighted by molar-refractivity contribution is 0.306. The molecule has 0 unspecified atom stereocenters. The molecule has 26 heavy (non-hydrogen) atoms. The molecule has 0 saturated carbocycles. The average Bonchev–Trinajstić information content (AvgIpc) is 3.05. The smallest absolute Gasteiger partial charge is 0.147 e. The highest BCUT2D eigenvalue weighted by Gasteiger charge is 2.20. The van der Waals surface area contributed by atoms with E-state index in [0.29, 0.717) is 12.6 Å². The van der Waals surface area contributed by atoms with Gasteiger partial charge in [0.15, 0.2) is 0 Å². The number of benzene rings is 1. The fourth-order valence-corrected chi connectivity index (χ4v) is 3.21. The summed E-state index contributed by atoms with van der Waals surface area (Å²) >= 11 is 0. The van der Waals surface area contributed by atoms with Crippen molar-refractivity contribution in [2.45, 2.75) is 45.5 Å². The monoisotopic (exact) mass is 349 g/mol. The van der Waals surface area contributed by atoms with E-state index in [4.69, 9.17) is 4.74 Å². The summed E-state index contributed by atoms with van der Waals surface area (Å²) in [5.41, 5.74) is 2.37. The molecule has 3 aromatic rings. The molecule has 4 rings (SSSR count). The molecule has 0 fully saturated rings. The van der Waals surface area contributed by atoms with Gasteiger partial charge in [0.1, 0.15) is 24.0 Å². The zero-order valence-electron chi connectivity index (χ0n) is 14.9. The van der Waals surface area contributed by atoms with E-state index < -0.39 is 0 Å². The minimum Gasteiger partial charge on any atom is -0.489 e. The Morgan fingerprint density at radius 3 is 2.73 bits per heavy atom. The third-order valence-electron chi connectivity index (χ3n) is 4.64. The van der Waals surface area contributed by atoms with E-state index >= 15 is 0 Å². The van der Waals surface area contributed by atoms with Crippen LogP contribution in [0.25, 0.3) is 0 Å². The van der Waals surface area contributed by atoms with Crippen LogP contribution in [-0.4, -0.2) is 25.8 Å².